The van der Waals surface area contributed by atoms with Gasteiger partial charge in [-0.1, -0.05) is 26.0 Å². The Morgan fingerprint density at radius 2 is 2.00 bits per heavy atom. The molecule has 0 saturated heterocycles. The zero-order valence-corrected chi connectivity index (χ0v) is 16.8. The molecule has 0 atom stereocenters. The van der Waals surface area contributed by atoms with Crippen LogP contribution in [0.2, 0.25) is 0 Å². The summed E-state index contributed by atoms with van der Waals surface area (Å²) in [5.74, 6) is 1.24. The Morgan fingerprint density at radius 3 is 2.69 bits per heavy atom. The van der Waals surface area contributed by atoms with Crippen LogP contribution in [0.3, 0.4) is 0 Å². The van der Waals surface area contributed by atoms with E-state index in [1.54, 1.807) is 24.3 Å². The van der Waals surface area contributed by atoms with Gasteiger partial charge in [0.1, 0.15) is 18.1 Å². The number of amides is 1. The molecule has 5 heteroatoms. The number of carbonyl (C=O) groups excluding carboxylic acids is 1. The number of unbranched alkanes of at least 4 members (excludes halogenated alkanes) is 1. The fourth-order valence-corrected chi connectivity index (χ4v) is 2.65. The lowest BCUT2D eigenvalue weighted by atomic mass is 10.2. The third-order valence-corrected chi connectivity index (χ3v) is 4.15. The number of carbonyl (C=O) groups is 1. The van der Waals surface area contributed by atoms with Gasteiger partial charge in [0, 0.05) is 17.3 Å². The lowest BCUT2D eigenvalue weighted by Crippen LogP contribution is -2.12. The molecule has 0 fully saturated rings. The van der Waals surface area contributed by atoms with Crippen molar-refractivity contribution in [3.05, 3.63) is 64.7 Å². The van der Waals surface area contributed by atoms with E-state index in [2.05, 4.69) is 34.7 Å². The van der Waals surface area contributed by atoms with Crippen molar-refractivity contribution in [3.8, 4) is 11.5 Å². The molecule has 0 heterocycles. The molecular formula is C21H24BrNO3. The van der Waals surface area contributed by atoms with E-state index < -0.39 is 0 Å². The Kier molecular flexibility index (Phi) is 7.73. The standard InChI is InChI=1S/C21H24BrNO3/c1-4-5-11-25-20-10-9-16(12-19(20)22)21(24)23-17-7-6-8-18(13-17)26-14-15(2)3/h6-10,12-13H,2,4-5,11,14H2,1,3H3,(H,23,24). The number of rotatable bonds is 9. The van der Waals surface area contributed by atoms with Gasteiger partial charge in [0.15, 0.2) is 0 Å². The van der Waals surface area contributed by atoms with Gasteiger partial charge in [0.25, 0.3) is 5.91 Å². The second-order valence-corrected chi connectivity index (χ2v) is 6.93. The predicted octanol–water partition coefficient (Wildman–Crippen LogP) is 5.84. The van der Waals surface area contributed by atoms with Crippen LogP contribution >= 0.6 is 15.9 Å². The highest BCUT2D eigenvalue weighted by atomic mass is 79.9. The van der Waals surface area contributed by atoms with Crippen LogP contribution < -0.4 is 14.8 Å². The summed E-state index contributed by atoms with van der Waals surface area (Å²) in [7, 11) is 0. The van der Waals surface area contributed by atoms with Gasteiger partial charge in [-0.25, -0.2) is 0 Å². The van der Waals surface area contributed by atoms with Crippen molar-refractivity contribution in [2.75, 3.05) is 18.5 Å². The first kappa shape index (κ1) is 20.0. The molecule has 1 amide bonds. The number of nitrogens with one attached hydrogen (secondary N) is 1. The summed E-state index contributed by atoms with van der Waals surface area (Å²) in [6, 6.07) is 12.6. The van der Waals surface area contributed by atoms with E-state index in [0.29, 0.717) is 30.2 Å². The Labute approximate surface area is 163 Å². The van der Waals surface area contributed by atoms with Gasteiger partial charge >= 0.3 is 0 Å². The number of hydrogen-bond donors (Lipinski definition) is 1. The van der Waals surface area contributed by atoms with Crippen LogP contribution in [0.15, 0.2) is 59.1 Å². The van der Waals surface area contributed by atoms with Crippen molar-refractivity contribution in [2.24, 2.45) is 0 Å². The number of anilines is 1. The maximum Gasteiger partial charge on any atom is 0.255 e. The third-order valence-electron chi connectivity index (χ3n) is 3.53. The van der Waals surface area contributed by atoms with Gasteiger partial charge in [-0.2, -0.15) is 0 Å². The molecule has 2 rings (SSSR count). The minimum absolute atomic E-state index is 0.192. The molecule has 138 valence electrons. The summed E-state index contributed by atoms with van der Waals surface area (Å²) in [4.78, 5) is 12.5. The monoisotopic (exact) mass is 417 g/mol. The van der Waals surface area contributed by atoms with E-state index in [4.69, 9.17) is 9.47 Å². The fourth-order valence-electron chi connectivity index (χ4n) is 2.16. The van der Waals surface area contributed by atoms with Gasteiger partial charge in [0.05, 0.1) is 11.1 Å². The molecule has 0 aromatic heterocycles. The first-order chi connectivity index (χ1) is 12.5. The van der Waals surface area contributed by atoms with Crippen molar-refractivity contribution < 1.29 is 14.3 Å². The first-order valence-corrected chi connectivity index (χ1v) is 9.40. The number of halogens is 1. The zero-order chi connectivity index (χ0) is 18.9. The summed E-state index contributed by atoms with van der Waals surface area (Å²) < 4.78 is 12.1. The first-order valence-electron chi connectivity index (χ1n) is 8.60. The summed E-state index contributed by atoms with van der Waals surface area (Å²) >= 11 is 3.47. The van der Waals surface area contributed by atoms with Crippen LogP contribution in [0.4, 0.5) is 5.69 Å². The maximum atomic E-state index is 12.5. The Morgan fingerprint density at radius 1 is 1.19 bits per heavy atom. The van der Waals surface area contributed by atoms with E-state index in [9.17, 15) is 4.79 Å². The molecule has 0 saturated carbocycles. The van der Waals surface area contributed by atoms with E-state index in [1.165, 1.54) is 0 Å². The average molecular weight is 418 g/mol. The van der Waals surface area contributed by atoms with Gasteiger partial charge in [-0.3, -0.25) is 4.79 Å². The maximum absolute atomic E-state index is 12.5. The third kappa shape index (κ3) is 6.23. The summed E-state index contributed by atoms with van der Waals surface area (Å²) in [6.45, 7) is 8.94. The van der Waals surface area contributed by atoms with Crippen molar-refractivity contribution in [1.29, 1.82) is 0 Å². The summed E-state index contributed by atoms with van der Waals surface area (Å²) in [5.41, 5.74) is 2.16. The van der Waals surface area contributed by atoms with Crippen LogP contribution in [0.5, 0.6) is 11.5 Å². The van der Waals surface area contributed by atoms with Crippen molar-refractivity contribution in [3.63, 3.8) is 0 Å². The highest BCUT2D eigenvalue weighted by Crippen LogP contribution is 2.27. The largest absolute Gasteiger partial charge is 0.492 e. The smallest absolute Gasteiger partial charge is 0.255 e. The van der Waals surface area contributed by atoms with Crippen LogP contribution in [0.1, 0.15) is 37.0 Å². The average Bonchev–Trinajstić information content (AvgIpc) is 2.61. The minimum atomic E-state index is -0.192. The van der Waals surface area contributed by atoms with Gasteiger partial charge in [-0.15, -0.1) is 0 Å². The minimum Gasteiger partial charge on any atom is -0.492 e. The number of ether oxygens (including phenoxy) is 2. The molecular weight excluding hydrogens is 394 g/mol. The molecule has 0 aliphatic heterocycles. The van der Waals surface area contributed by atoms with Crippen molar-refractivity contribution in [1.82, 2.24) is 0 Å². The Hall–Kier alpha value is -2.27. The summed E-state index contributed by atoms with van der Waals surface area (Å²) in [6.07, 6.45) is 2.08. The summed E-state index contributed by atoms with van der Waals surface area (Å²) in [5, 5.41) is 2.88. The molecule has 0 aliphatic rings. The molecule has 26 heavy (non-hydrogen) atoms. The van der Waals surface area contributed by atoms with E-state index in [1.807, 2.05) is 25.1 Å². The Balaban J connectivity index is 2.02. The molecule has 2 aromatic rings. The molecule has 0 bridgehead atoms. The van der Waals surface area contributed by atoms with Gasteiger partial charge in [0.2, 0.25) is 0 Å². The predicted molar refractivity (Wildman–Crippen MR) is 109 cm³/mol. The lowest BCUT2D eigenvalue weighted by molar-refractivity contribution is 0.102. The molecule has 0 radical (unpaired) electrons. The van der Waals surface area contributed by atoms with Crippen molar-refractivity contribution in [2.45, 2.75) is 26.7 Å². The van der Waals surface area contributed by atoms with Gasteiger partial charge < -0.3 is 14.8 Å². The highest BCUT2D eigenvalue weighted by Gasteiger charge is 2.10. The lowest BCUT2D eigenvalue weighted by Gasteiger charge is -2.11. The van der Waals surface area contributed by atoms with Gasteiger partial charge in [-0.05, 0) is 65.2 Å². The van der Waals surface area contributed by atoms with E-state index in [-0.39, 0.29) is 5.91 Å². The molecule has 0 spiro atoms. The normalized spacial score (nSPS) is 10.3. The van der Waals surface area contributed by atoms with E-state index >= 15 is 0 Å². The highest BCUT2D eigenvalue weighted by molar-refractivity contribution is 9.10. The molecule has 4 nitrogen and oxygen atoms in total. The quantitative estimate of drug-likeness (QED) is 0.411. The van der Waals surface area contributed by atoms with Crippen LogP contribution in [0.25, 0.3) is 0 Å². The Bertz CT molecular complexity index is 774. The van der Waals surface area contributed by atoms with E-state index in [0.717, 1.165) is 28.6 Å². The second kappa shape index (κ2) is 10.0. The fraction of sp³-hybridized carbons (Fsp3) is 0.286. The molecule has 0 unspecified atom stereocenters. The molecule has 1 N–H and O–H groups in total. The molecule has 0 aliphatic carbocycles. The van der Waals surface area contributed by atoms with Crippen LogP contribution in [0, 0.1) is 0 Å². The second-order valence-electron chi connectivity index (χ2n) is 6.07. The SMILES string of the molecule is C=C(C)COc1cccc(NC(=O)c2ccc(OCCCC)c(Br)c2)c1. The number of benzene rings is 2. The van der Waals surface area contributed by atoms with Crippen LogP contribution in [-0.4, -0.2) is 19.1 Å². The topological polar surface area (TPSA) is 47.6 Å². The van der Waals surface area contributed by atoms with Crippen molar-refractivity contribution >= 4 is 27.5 Å². The molecule has 2 aromatic carbocycles. The number of hydrogen-bond acceptors (Lipinski definition) is 3. The van der Waals surface area contributed by atoms with Crippen LogP contribution in [-0.2, 0) is 0 Å². The zero-order valence-electron chi connectivity index (χ0n) is 15.2.